The minimum atomic E-state index is -0.421. The molecule has 3 amide bonds. The lowest BCUT2D eigenvalue weighted by molar-refractivity contribution is -0.123. The number of methoxy groups -OCH3 is 1. The van der Waals surface area contributed by atoms with E-state index in [0.29, 0.717) is 39.7 Å². The van der Waals surface area contributed by atoms with Crippen molar-refractivity contribution >= 4 is 74.0 Å². The zero-order valence-electron chi connectivity index (χ0n) is 19.4. The number of hydrogen-bond donors (Lipinski definition) is 2. The lowest BCUT2D eigenvalue weighted by atomic mass is 10.1. The molecule has 2 N–H and O–H groups in total. The molecular weight excluding hydrogens is 566 g/mol. The van der Waals surface area contributed by atoms with E-state index in [9.17, 15) is 19.2 Å². The fourth-order valence-corrected chi connectivity index (χ4v) is 4.84. The Labute approximate surface area is 226 Å². The second-order valence-corrected chi connectivity index (χ2v) is 10.4. The molecule has 2 aromatic rings. The average Bonchev–Trinajstić information content (AvgIpc) is 3.14. The summed E-state index contributed by atoms with van der Waals surface area (Å²) < 4.78 is 6.04. The number of carbonyl (C=O) groups is 4. The summed E-state index contributed by atoms with van der Waals surface area (Å²) >= 11 is 9.91. The van der Waals surface area contributed by atoms with Crippen LogP contribution in [0.2, 0.25) is 0 Å². The normalized spacial score (nSPS) is 14.2. The largest absolute Gasteiger partial charge is 0.465 e. The summed E-state index contributed by atoms with van der Waals surface area (Å²) in [6.45, 7) is 0.463. The maximum absolute atomic E-state index is 12.8. The number of rotatable bonds is 9. The summed E-state index contributed by atoms with van der Waals surface area (Å²) in [6.07, 6.45) is 4.01. The highest BCUT2D eigenvalue weighted by Crippen LogP contribution is 2.32. The van der Waals surface area contributed by atoms with Crippen LogP contribution in [0.5, 0.6) is 0 Å². The number of halogens is 1. The standard InChI is InChI=1S/C25H24BrN3O5S2/c1-34-24(33)18-8-6-16(7-9-18)15-20-23(32)29(25(35)36-20)14-4-2-3-5-21(30)27-28-22(31)17-10-12-19(26)13-11-17/h6-13,15H,2-5,14H2,1H3,(H,27,30)(H,28,31)/b20-15-. The first-order chi connectivity index (χ1) is 17.3. The average molecular weight is 591 g/mol. The van der Waals surface area contributed by atoms with Gasteiger partial charge < -0.3 is 4.74 Å². The molecule has 0 saturated carbocycles. The van der Waals surface area contributed by atoms with Crippen molar-refractivity contribution < 1.29 is 23.9 Å². The van der Waals surface area contributed by atoms with E-state index in [4.69, 9.17) is 12.2 Å². The first kappa shape index (κ1) is 27.6. The predicted molar refractivity (Wildman–Crippen MR) is 146 cm³/mol. The van der Waals surface area contributed by atoms with Crippen molar-refractivity contribution in [3.63, 3.8) is 0 Å². The van der Waals surface area contributed by atoms with Gasteiger partial charge in [0.2, 0.25) is 5.91 Å². The number of ether oxygens (including phenoxy) is 1. The minimum Gasteiger partial charge on any atom is -0.465 e. The van der Waals surface area contributed by atoms with Gasteiger partial charge in [0.15, 0.2) is 0 Å². The molecule has 36 heavy (non-hydrogen) atoms. The third kappa shape index (κ3) is 7.74. The molecule has 0 bridgehead atoms. The van der Waals surface area contributed by atoms with E-state index in [1.54, 1.807) is 59.5 Å². The van der Waals surface area contributed by atoms with Crippen LogP contribution in [0.3, 0.4) is 0 Å². The molecule has 1 aliphatic heterocycles. The van der Waals surface area contributed by atoms with Crippen LogP contribution in [0.25, 0.3) is 6.08 Å². The van der Waals surface area contributed by atoms with Crippen LogP contribution in [-0.2, 0) is 14.3 Å². The summed E-state index contributed by atoms with van der Waals surface area (Å²) in [4.78, 5) is 50.4. The Kier molecular flexibility index (Phi) is 10.2. The van der Waals surface area contributed by atoms with Crippen molar-refractivity contribution in [1.29, 1.82) is 0 Å². The predicted octanol–water partition coefficient (Wildman–Crippen LogP) is 4.46. The van der Waals surface area contributed by atoms with E-state index in [2.05, 4.69) is 31.5 Å². The molecule has 0 unspecified atom stereocenters. The molecule has 0 atom stereocenters. The Hall–Kier alpha value is -3.02. The second kappa shape index (κ2) is 13.3. The van der Waals surface area contributed by atoms with Gasteiger partial charge in [-0.2, -0.15) is 0 Å². The molecule has 2 aromatic carbocycles. The molecule has 1 aliphatic rings. The summed E-state index contributed by atoms with van der Waals surface area (Å²) in [5.74, 6) is -1.25. The zero-order valence-corrected chi connectivity index (χ0v) is 22.6. The second-order valence-electron chi connectivity index (χ2n) is 7.77. The maximum Gasteiger partial charge on any atom is 0.337 e. The number of benzene rings is 2. The Bertz CT molecular complexity index is 1180. The van der Waals surface area contributed by atoms with Crippen LogP contribution < -0.4 is 10.9 Å². The summed E-state index contributed by atoms with van der Waals surface area (Å²) in [6, 6.07) is 13.5. The van der Waals surface area contributed by atoms with Gasteiger partial charge in [0, 0.05) is 23.0 Å². The Morgan fingerprint density at radius 3 is 2.33 bits per heavy atom. The Morgan fingerprint density at radius 1 is 1.00 bits per heavy atom. The quantitative estimate of drug-likeness (QED) is 0.146. The van der Waals surface area contributed by atoms with Gasteiger partial charge in [-0.3, -0.25) is 30.1 Å². The van der Waals surface area contributed by atoms with Crippen LogP contribution >= 0.6 is 39.9 Å². The number of thiocarbonyl (C=S) groups is 1. The minimum absolute atomic E-state index is 0.157. The van der Waals surface area contributed by atoms with Gasteiger partial charge in [-0.15, -0.1) is 0 Å². The molecule has 1 saturated heterocycles. The van der Waals surface area contributed by atoms with E-state index >= 15 is 0 Å². The van der Waals surface area contributed by atoms with Crippen LogP contribution in [0, 0.1) is 0 Å². The SMILES string of the molecule is COC(=O)c1ccc(/C=C2\SC(=S)N(CCCCCC(=O)NNC(=O)c3ccc(Br)cc3)C2=O)cc1. The lowest BCUT2D eigenvalue weighted by Crippen LogP contribution is -2.41. The highest BCUT2D eigenvalue weighted by molar-refractivity contribution is 9.10. The Balaban J connectivity index is 1.38. The summed E-state index contributed by atoms with van der Waals surface area (Å²) in [7, 11) is 1.32. The van der Waals surface area contributed by atoms with Gasteiger partial charge >= 0.3 is 5.97 Å². The first-order valence-corrected chi connectivity index (χ1v) is 13.1. The van der Waals surface area contributed by atoms with Gasteiger partial charge in [-0.25, -0.2) is 4.79 Å². The number of nitrogens with zero attached hydrogens (tertiary/aromatic N) is 1. The molecule has 3 rings (SSSR count). The molecule has 0 aromatic heterocycles. The summed E-state index contributed by atoms with van der Waals surface area (Å²) in [5.41, 5.74) is 6.46. The summed E-state index contributed by atoms with van der Waals surface area (Å²) in [5, 5.41) is 0. The molecular formula is C25H24BrN3O5S2. The number of esters is 1. The number of thioether (sulfide) groups is 1. The fraction of sp³-hybridized carbons (Fsp3) is 0.240. The van der Waals surface area contributed by atoms with Crippen LogP contribution in [0.1, 0.15) is 52.0 Å². The molecule has 0 spiro atoms. The molecule has 8 nitrogen and oxygen atoms in total. The van der Waals surface area contributed by atoms with Gasteiger partial charge in [0.25, 0.3) is 11.8 Å². The molecule has 11 heteroatoms. The molecule has 0 radical (unpaired) electrons. The van der Waals surface area contributed by atoms with Crippen molar-refractivity contribution in [2.45, 2.75) is 25.7 Å². The molecule has 1 heterocycles. The van der Waals surface area contributed by atoms with E-state index in [0.717, 1.165) is 16.5 Å². The Morgan fingerprint density at radius 2 is 1.67 bits per heavy atom. The van der Waals surface area contributed by atoms with Crippen molar-refractivity contribution in [2.75, 3.05) is 13.7 Å². The van der Waals surface area contributed by atoms with Gasteiger partial charge in [0.1, 0.15) is 4.32 Å². The smallest absolute Gasteiger partial charge is 0.337 e. The monoisotopic (exact) mass is 589 g/mol. The fourth-order valence-electron chi connectivity index (χ4n) is 3.27. The van der Waals surface area contributed by atoms with Gasteiger partial charge in [-0.1, -0.05) is 58.5 Å². The zero-order chi connectivity index (χ0) is 26.1. The van der Waals surface area contributed by atoms with E-state index in [1.807, 2.05) is 0 Å². The third-order valence-electron chi connectivity index (χ3n) is 5.21. The number of hydrogen-bond acceptors (Lipinski definition) is 7. The van der Waals surface area contributed by atoms with Crippen molar-refractivity contribution in [3.05, 3.63) is 74.6 Å². The molecule has 0 aliphatic carbocycles. The van der Waals surface area contributed by atoms with Crippen LogP contribution in [-0.4, -0.2) is 46.6 Å². The van der Waals surface area contributed by atoms with Crippen molar-refractivity contribution in [2.24, 2.45) is 0 Å². The molecule has 188 valence electrons. The molecule has 1 fully saturated rings. The number of unbranched alkanes of at least 4 members (excludes halogenated alkanes) is 2. The topological polar surface area (TPSA) is 105 Å². The van der Waals surface area contributed by atoms with E-state index in [1.165, 1.54) is 18.9 Å². The van der Waals surface area contributed by atoms with E-state index in [-0.39, 0.29) is 18.2 Å². The number of amides is 3. The highest BCUT2D eigenvalue weighted by Gasteiger charge is 2.31. The lowest BCUT2D eigenvalue weighted by Gasteiger charge is -2.14. The highest BCUT2D eigenvalue weighted by atomic mass is 79.9. The number of nitrogens with one attached hydrogen (secondary N) is 2. The number of carbonyl (C=O) groups excluding carboxylic acids is 4. The third-order valence-corrected chi connectivity index (χ3v) is 7.12. The van der Waals surface area contributed by atoms with Crippen LogP contribution in [0.15, 0.2) is 57.9 Å². The van der Waals surface area contributed by atoms with Gasteiger partial charge in [0.05, 0.1) is 17.6 Å². The van der Waals surface area contributed by atoms with E-state index < -0.39 is 11.9 Å². The van der Waals surface area contributed by atoms with Gasteiger partial charge in [-0.05, 0) is 60.9 Å². The van der Waals surface area contributed by atoms with Crippen LogP contribution in [0.4, 0.5) is 0 Å². The van der Waals surface area contributed by atoms with Crippen molar-refractivity contribution in [1.82, 2.24) is 15.8 Å². The number of hydrazine groups is 1. The maximum atomic E-state index is 12.8. The first-order valence-electron chi connectivity index (χ1n) is 11.1. The van der Waals surface area contributed by atoms with Crippen molar-refractivity contribution in [3.8, 4) is 0 Å².